The van der Waals surface area contributed by atoms with Gasteiger partial charge in [-0.1, -0.05) is 24.3 Å². The highest BCUT2D eigenvalue weighted by molar-refractivity contribution is 7.80. The van der Waals surface area contributed by atoms with Crippen LogP contribution in [0, 0.1) is 0 Å². The lowest BCUT2D eigenvalue weighted by atomic mass is 10.2. The zero-order valence-corrected chi connectivity index (χ0v) is 11.8. The van der Waals surface area contributed by atoms with Crippen LogP contribution in [-0.4, -0.2) is 35.9 Å². The van der Waals surface area contributed by atoms with Crippen LogP contribution in [0.5, 0.6) is 0 Å². The van der Waals surface area contributed by atoms with Crippen LogP contribution in [0.1, 0.15) is 5.56 Å². The number of benzene rings is 1. The van der Waals surface area contributed by atoms with Crippen molar-refractivity contribution < 1.29 is 13.3 Å². The summed E-state index contributed by atoms with van der Waals surface area (Å²) in [6, 6.07) is 8.12. The van der Waals surface area contributed by atoms with E-state index in [2.05, 4.69) is 24.8 Å². The highest BCUT2D eigenvalue weighted by Gasteiger charge is 2.40. The van der Waals surface area contributed by atoms with Crippen molar-refractivity contribution in [1.29, 1.82) is 0 Å². The Morgan fingerprint density at radius 1 is 1.00 bits per heavy atom. The van der Waals surface area contributed by atoms with Crippen molar-refractivity contribution in [2.45, 2.75) is 6.42 Å². The second kappa shape index (κ2) is 6.41. The molecular formula is C11H18O3SSi. The molecule has 3 nitrogen and oxygen atoms in total. The quantitative estimate of drug-likeness (QED) is 0.615. The number of thiol groups is 1. The summed E-state index contributed by atoms with van der Waals surface area (Å²) >= 11 is 4.20. The molecule has 0 radical (unpaired) electrons. The lowest BCUT2D eigenvalue weighted by Crippen LogP contribution is -2.54. The van der Waals surface area contributed by atoms with Gasteiger partial charge in [0.1, 0.15) is 0 Å². The van der Waals surface area contributed by atoms with E-state index in [-0.39, 0.29) is 0 Å². The molecule has 1 aromatic carbocycles. The average molecular weight is 258 g/mol. The van der Waals surface area contributed by atoms with E-state index in [4.69, 9.17) is 13.3 Å². The van der Waals surface area contributed by atoms with Gasteiger partial charge >= 0.3 is 8.80 Å². The Hall–Kier alpha value is -0.333. The van der Waals surface area contributed by atoms with Gasteiger partial charge in [-0.25, -0.2) is 0 Å². The Morgan fingerprint density at radius 3 is 1.88 bits per heavy atom. The minimum absolute atomic E-state index is 0.848. The van der Waals surface area contributed by atoms with Crippen LogP contribution < -0.4 is 5.19 Å². The Kier molecular flexibility index (Phi) is 5.50. The van der Waals surface area contributed by atoms with Crippen LogP contribution in [0.3, 0.4) is 0 Å². The zero-order chi connectivity index (χ0) is 12.0. The molecule has 0 aliphatic carbocycles. The van der Waals surface area contributed by atoms with Crippen molar-refractivity contribution in [2.24, 2.45) is 0 Å². The fraction of sp³-hybridized carbons (Fsp3) is 0.455. The Morgan fingerprint density at radius 2 is 1.50 bits per heavy atom. The summed E-state index contributed by atoms with van der Waals surface area (Å²) in [5.74, 6) is 0.848. The molecule has 0 unspecified atom stereocenters. The van der Waals surface area contributed by atoms with Crippen LogP contribution >= 0.6 is 12.6 Å². The smallest absolute Gasteiger partial charge is 0.373 e. The van der Waals surface area contributed by atoms with Crippen molar-refractivity contribution in [3.8, 4) is 0 Å². The van der Waals surface area contributed by atoms with Gasteiger partial charge in [-0.05, 0) is 17.7 Å². The van der Waals surface area contributed by atoms with Gasteiger partial charge in [0.25, 0.3) is 0 Å². The monoisotopic (exact) mass is 258 g/mol. The number of hydrogen-bond donors (Lipinski definition) is 1. The van der Waals surface area contributed by atoms with Gasteiger partial charge in [0.2, 0.25) is 0 Å². The SMILES string of the molecule is CO[Si](OC)(OC)c1ccc(CCS)cc1. The van der Waals surface area contributed by atoms with E-state index in [1.165, 1.54) is 5.56 Å². The molecule has 0 amide bonds. The molecule has 0 saturated carbocycles. The van der Waals surface area contributed by atoms with Crippen molar-refractivity contribution in [3.05, 3.63) is 29.8 Å². The lowest BCUT2D eigenvalue weighted by molar-refractivity contribution is 0.140. The molecule has 0 aliphatic rings. The van der Waals surface area contributed by atoms with Gasteiger partial charge in [0.15, 0.2) is 0 Å². The molecule has 16 heavy (non-hydrogen) atoms. The normalized spacial score (nSPS) is 11.8. The maximum Gasteiger partial charge on any atom is 0.536 e. The fourth-order valence-corrected chi connectivity index (χ4v) is 3.65. The van der Waals surface area contributed by atoms with Gasteiger partial charge in [-0.3, -0.25) is 0 Å². The summed E-state index contributed by atoms with van der Waals surface area (Å²) in [5, 5.41) is 0.975. The highest BCUT2D eigenvalue weighted by Crippen LogP contribution is 2.08. The summed E-state index contributed by atoms with van der Waals surface area (Å²) < 4.78 is 16.2. The van der Waals surface area contributed by atoms with Crippen molar-refractivity contribution in [3.63, 3.8) is 0 Å². The van der Waals surface area contributed by atoms with E-state index in [9.17, 15) is 0 Å². The molecule has 0 fully saturated rings. The van der Waals surface area contributed by atoms with Crippen molar-refractivity contribution in [2.75, 3.05) is 27.1 Å². The summed E-state index contributed by atoms with van der Waals surface area (Å²) in [7, 11) is 2.18. The standard InChI is InChI=1S/C11H18O3SSi/c1-12-16(13-2,14-3)11-6-4-10(5-7-11)8-9-15/h4-7,15H,8-9H2,1-3H3. The first-order valence-electron chi connectivity index (χ1n) is 5.08. The summed E-state index contributed by atoms with van der Waals surface area (Å²) in [4.78, 5) is 0. The molecule has 0 N–H and O–H groups in total. The second-order valence-electron chi connectivity index (χ2n) is 3.34. The van der Waals surface area contributed by atoms with E-state index >= 15 is 0 Å². The molecule has 0 aliphatic heterocycles. The number of rotatable bonds is 6. The molecule has 0 spiro atoms. The first kappa shape index (κ1) is 13.7. The third-order valence-corrected chi connectivity index (χ3v) is 5.39. The fourth-order valence-electron chi connectivity index (χ4n) is 1.61. The first-order chi connectivity index (χ1) is 7.72. The van der Waals surface area contributed by atoms with Crippen LogP contribution in [0.2, 0.25) is 0 Å². The van der Waals surface area contributed by atoms with Gasteiger partial charge in [-0.15, -0.1) is 0 Å². The third-order valence-electron chi connectivity index (χ3n) is 2.51. The molecule has 1 aromatic rings. The maximum atomic E-state index is 5.40. The number of aryl methyl sites for hydroxylation is 1. The lowest BCUT2D eigenvalue weighted by Gasteiger charge is -2.24. The van der Waals surface area contributed by atoms with E-state index in [1.54, 1.807) is 21.3 Å². The predicted molar refractivity (Wildman–Crippen MR) is 70.4 cm³/mol. The van der Waals surface area contributed by atoms with E-state index in [1.807, 2.05) is 12.1 Å². The van der Waals surface area contributed by atoms with Crippen LogP contribution in [0.25, 0.3) is 0 Å². The summed E-state index contributed by atoms with van der Waals surface area (Å²) in [6.45, 7) is 0. The largest absolute Gasteiger partial charge is 0.536 e. The molecule has 0 atom stereocenters. The summed E-state index contributed by atoms with van der Waals surface area (Å²) in [6.07, 6.45) is 0.963. The van der Waals surface area contributed by atoms with Crippen molar-refractivity contribution in [1.82, 2.24) is 0 Å². The average Bonchev–Trinajstić information content (AvgIpc) is 2.34. The van der Waals surface area contributed by atoms with Gasteiger partial charge in [0, 0.05) is 26.5 Å². The highest BCUT2D eigenvalue weighted by atomic mass is 32.1. The first-order valence-corrected chi connectivity index (χ1v) is 7.44. The molecule has 0 bridgehead atoms. The molecule has 90 valence electrons. The Bertz CT molecular complexity index is 303. The Labute approximate surface area is 104 Å². The number of hydrogen-bond acceptors (Lipinski definition) is 4. The molecule has 0 heterocycles. The molecule has 1 rings (SSSR count). The van der Waals surface area contributed by atoms with Crippen LogP contribution in [-0.2, 0) is 19.7 Å². The topological polar surface area (TPSA) is 27.7 Å². The Balaban J connectivity index is 2.94. The second-order valence-corrected chi connectivity index (χ2v) is 6.70. The molecule has 0 saturated heterocycles. The third kappa shape index (κ3) is 2.86. The van der Waals surface area contributed by atoms with Gasteiger partial charge < -0.3 is 13.3 Å². The van der Waals surface area contributed by atoms with E-state index < -0.39 is 8.80 Å². The van der Waals surface area contributed by atoms with Gasteiger partial charge in [-0.2, -0.15) is 12.6 Å². The molecule has 5 heteroatoms. The zero-order valence-electron chi connectivity index (χ0n) is 9.90. The molecular weight excluding hydrogens is 240 g/mol. The maximum absolute atomic E-state index is 5.40. The van der Waals surface area contributed by atoms with Crippen LogP contribution in [0.15, 0.2) is 24.3 Å². The van der Waals surface area contributed by atoms with E-state index in [0.717, 1.165) is 17.4 Å². The van der Waals surface area contributed by atoms with Crippen molar-refractivity contribution >= 4 is 26.6 Å². The van der Waals surface area contributed by atoms with Crippen LogP contribution in [0.4, 0.5) is 0 Å². The minimum atomic E-state index is -2.66. The minimum Gasteiger partial charge on any atom is -0.373 e. The summed E-state index contributed by atoms with van der Waals surface area (Å²) in [5.41, 5.74) is 1.25. The van der Waals surface area contributed by atoms with Gasteiger partial charge in [0.05, 0.1) is 0 Å². The predicted octanol–water partition coefficient (Wildman–Crippen LogP) is 1.24. The van der Waals surface area contributed by atoms with E-state index in [0.29, 0.717) is 0 Å². The molecule has 0 aromatic heterocycles.